The van der Waals surface area contributed by atoms with Gasteiger partial charge in [0.2, 0.25) is 15.9 Å². The van der Waals surface area contributed by atoms with Crippen molar-refractivity contribution in [1.29, 1.82) is 0 Å². The van der Waals surface area contributed by atoms with Crippen LogP contribution in [0.2, 0.25) is 0 Å². The fourth-order valence-corrected chi connectivity index (χ4v) is 2.35. The van der Waals surface area contributed by atoms with E-state index < -0.39 is 10.0 Å². The van der Waals surface area contributed by atoms with Gasteiger partial charge in [-0.2, -0.15) is 0 Å². The lowest BCUT2D eigenvalue weighted by molar-refractivity contribution is -0.124. The summed E-state index contributed by atoms with van der Waals surface area (Å²) in [6.07, 6.45) is 0. The van der Waals surface area contributed by atoms with Crippen LogP contribution >= 0.6 is 12.4 Å². The summed E-state index contributed by atoms with van der Waals surface area (Å²) in [4.78, 5) is 11.4. The van der Waals surface area contributed by atoms with Crippen molar-refractivity contribution in [3.05, 3.63) is 35.9 Å². The number of benzene rings is 1. The fourth-order valence-electron chi connectivity index (χ4n) is 1.45. The number of hydrogen-bond acceptors (Lipinski definition) is 4. The molecule has 0 aromatic heterocycles. The van der Waals surface area contributed by atoms with Gasteiger partial charge in [-0.1, -0.05) is 37.3 Å². The van der Waals surface area contributed by atoms with E-state index >= 15 is 0 Å². The molecule has 6 nitrogen and oxygen atoms in total. The maximum absolute atomic E-state index is 11.7. The Hall–Kier alpha value is -1.15. The van der Waals surface area contributed by atoms with Gasteiger partial charge in [-0.05, 0) is 5.56 Å². The molecule has 0 aliphatic heterocycles. The lowest BCUT2D eigenvalue weighted by Crippen LogP contribution is -2.38. The SMILES string of the molecule is CC(CN)C(=O)NCCS(=O)(=O)NCc1ccccc1.Cl. The monoisotopic (exact) mass is 335 g/mol. The first-order chi connectivity index (χ1) is 9.44. The summed E-state index contributed by atoms with van der Waals surface area (Å²) in [6, 6.07) is 9.24. The molecule has 1 amide bonds. The number of nitrogens with one attached hydrogen (secondary N) is 2. The Morgan fingerprint density at radius 1 is 1.29 bits per heavy atom. The topological polar surface area (TPSA) is 101 Å². The summed E-state index contributed by atoms with van der Waals surface area (Å²) in [5.41, 5.74) is 6.24. The number of halogens is 1. The highest BCUT2D eigenvalue weighted by atomic mass is 35.5. The van der Waals surface area contributed by atoms with Crippen molar-refractivity contribution in [2.24, 2.45) is 11.7 Å². The number of hydrogen-bond donors (Lipinski definition) is 3. The molecule has 1 aromatic carbocycles. The molecule has 0 spiro atoms. The van der Waals surface area contributed by atoms with Crippen molar-refractivity contribution in [2.75, 3.05) is 18.8 Å². The van der Waals surface area contributed by atoms with Crippen LogP contribution in [0, 0.1) is 5.92 Å². The molecule has 0 bridgehead atoms. The fraction of sp³-hybridized carbons (Fsp3) is 0.462. The molecule has 8 heteroatoms. The minimum absolute atomic E-state index is 0. The van der Waals surface area contributed by atoms with Gasteiger partial charge in [-0.25, -0.2) is 13.1 Å². The van der Waals surface area contributed by atoms with Crippen molar-refractivity contribution in [3.63, 3.8) is 0 Å². The minimum Gasteiger partial charge on any atom is -0.355 e. The van der Waals surface area contributed by atoms with Gasteiger partial charge < -0.3 is 11.1 Å². The van der Waals surface area contributed by atoms with Crippen molar-refractivity contribution in [2.45, 2.75) is 13.5 Å². The van der Waals surface area contributed by atoms with E-state index in [0.717, 1.165) is 5.56 Å². The van der Waals surface area contributed by atoms with Gasteiger partial charge >= 0.3 is 0 Å². The van der Waals surface area contributed by atoms with E-state index in [1.165, 1.54) is 0 Å². The molecule has 0 aliphatic rings. The first-order valence-corrected chi connectivity index (χ1v) is 8.09. The molecule has 4 N–H and O–H groups in total. The van der Waals surface area contributed by atoms with Crippen LogP contribution in [-0.4, -0.2) is 33.2 Å². The van der Waals surface area contributed by atoms with Gasteiger partial charge in [0.15, 0.2) is 0 Å². The zero-order chi connectivity index (χ0) is 15.0. The largest absolute Gasteiger partial charge is 0.355 e. The summed E-state index contributed by atoms with van der Waals surface area (Å²) in [6.45, 7) is 2.26. The van der Waals surface area contributed by atoms with Gasteiger partial charge in [-0.3, -0.25) is 4.79 Å². The summed E-state index contributed by atoms with van der Waals surface area (Å²) < 4.78 is 26.0. The Balaban J connectivity index is 0.00000400. The molecule has 1 rings (SSSR count). The smallest absolute Gasteiger partial charge is 0.224 e. The lowest BCUT2D eigenvalue weighted by atomic mass is 10.2. The van der Waals surface area contributed by atoms with Gasteiger partial charge in [0.1, 0.15) is 0 Å². The molecule has 21 heavy (non-hydrogen) atoms. The molecule has 0 heterocycles. The molecule has 0 radical (unpaired) electrons. The number of carbonyl (C=O) groups excluding carboxylic acids is 1. The van der Waals surface area contributed by atoms with Crippen molar-refractivity contribution in [1.82, 2.24) is 10.0 Å². The molecule has 1 aromatic rings. The average molecular weight is 336 g/mol. The van der Waals surface area contributed by atoms with Crippen LogP contribution in [0.4, 0.5) is 0 Å². The number of sulfonamides is 1. The summed E-state index contributed by atoms with van der Waals surface area (Å²) in [5.74, 6) is -0.691. The highest BCUT2D eigenvalue weighted by molar-refractivity contribution is 7.89. The zero-order valence-corrected chi connectivity index (χ0v) is 13.5. The molecule has 0 saturated carbocycles. The third-order valence-electron chi connectivity index (χ3n) is 2.81. The van der Waals surface area contributed by atoms with Gasteiger partial charge in [0.25, 0.3) is 0 Å². The second kappa shape index (κ2) is 9.73. The average Bonchev–Trinajstić information content (AvgIpc) is 2.45. The molecular formula is C13H22ClN3O3S. The number of nitrogens with two attached hydrogens (primary N) is 1. The standard InChI is InChI=1S/C13H21N3O3S.ClH/c1-11(9-14)13(17)15-7-8-20(18,19)16-10-12-5-3-2-4-6-12;/h2-6,11,16H,7-10,14H2,1H3,(H,15,17);1H. The Kier molecular flexibility index (Phi) is 9.19. The van der Waals surface area contributed by atoms with Gasteiger partial charge in [0.05, 0.1) is 5.75 Å². The quantitative estimate of drug-likeness (QED) is 0.633. The predicted molar refractivity (Wildman–Crippen MR) is 85.5 cm³/mol. The zero-order valence-electron chi connectivity index (χ0n) is 11.9. The molecule has 0 fully saturated rings. The second-order valence-electron chi connectivity index (χ2n) is 4.55. The van der Waals surface area contributed by atoms with Crippen LogP contribution in [0.3, 0.4) is 0 Å². The molecule has 0 saturated heterocycles. The Bertz CT molecular complexity index is 523. The summed E-state index contributed by atoms with van der Waals surface area (Å²) in [5, 5.41) is 2.55. The number of rotatable bonds is 8. The predicted octanol–water partition coefficient (Wildman–Crippen LogP) is 0.239. The first kappa shape index (κ1) is 19.9. The molecule has 120 valence electrons. The van der Waals surface area contributed by atoms with Crippen molar-refractivity contribution >= 4 is 28.3 Å². The number of amides is 1. The molecule has 1 unspecified atom stereocenters. The highest BCUT2D eigenvalue weighted by Gasteiger charge is 2.13. The molecule has 1 atom stereocenters. The number of carbonyl (C=O) groups is 1. The van der Waals surface area contributed by atoms with E-state index in [-0.39, 0.29) is 49.6 Å². The van der Waals surface area contributed by atoms with Gasteiger partial charge in [-0.15, -0.1) is 12.4 Å². The van der Waals surface area contributed by atoms with Crippen LogP contribution in [0.15, 0.2) is 30.3 Å². The van der Waals surface area contributed by atoms with Crippen molar-refractivity contribution in [3.8, 4) is 0 Å². The van der Waals surface area contributed by atoms with E-state index in [9.17, 15) is 13.2 Å². The van der Waals surface area contributed by atoms with Crippen LogP contribution in [-0.2, 0) is 21.4 Å². The highest BCUT2D eigenvalue weighted by Crippen LogP contribution is 1.98. The Morgan fingerprint density at radius 3 is 2.48 bits per heavy atom. The summed E-state index contributed by atoms with van der Waals surface area (Å²) in [7, 11) is -3.40. The van der Waals surface area contributed by atoms with Crippen LogP contribution in [0.25, 0.3) is 0 Å². The molecular weight excluding hydrogens is 314 g/mol. The minimum atomic E-state index is -3.40. The van der Waals surface area contributed by atoms with Crippen LogP contribution < -0.4 is 15.8 Å². The van der Waals surface area contributed by atoms with Crippen molar-refractivity contribution < 1.29 is 13.2 Å². The Morgan fingerprint density at radius 2 is 1.90 bits per heavy atom. The van der Waals surface area contributed by atoms with Gasteiger partial charge in [0, 0.05) is 25.6 Å². The Labute approximate surface area is 132 Å². The lowest BCUT2D eigenvalue weighted by Gasteiger charge is -2.10. The molecule has 0 aliphatic carbocycles. The van der Waals surface area contributed by atoms with E-state index in [1.807, 2.05) is 30.3 Å². The third kappa shape index (κ3) is 8.01. The first-order valence-electron chi connectivity index (χ1n) is 6.43. The van der Waals surface area contributed by atoms with Crippen LogP contribution in [0.1, 0.15) is 12.5 Å². The maximum atomic E-state index is 11.7. The van der Waals surface area contributed by atoms with E-state index in [4.69, 9.17) is 5.73 Å². The third-order valence-corrected chi connectivity index (χ3v) is 4.14. The van der Waals surface area contributed by atoms with E-state index in [0.29, 0.717) is 0 Å². The second-order valence-corrected chi connectivity index (χ2v) is 6.48. The van der Waals surface area contributed by atoms with E-state index in [2.05, 4.69) is 10.0 Å². The van der Waals surface area contributed by atoms with Crippen LogP contribution in [0.5, 0.6) is 0 Å². The normalized spacial score (nSPS) is 12.3. The maximum Gasteiger partial charge on any atom is 0.224 e. The van der Waals surface area contributed by atoms with E-state index in [1.54, 1.807) is 6.92 Å². The summed E-state index contributed by atoms with van der Waals surface area (Å²) >= 11 is 0.